The van der Waals surface area contributed by atoms with Gasteiger partial charge in [0.25, 0.3) is 0 Å². The standard InChI is InChI=1S/C42H31N3O/c1-5-16-31(17-6-1)43-39-25-15-27-41-42(39)38-24-13-14-26-40(38)45(41)35-28-34(29-37(30-35)46-36-22-11-4-12-23-36)44(32-18-7-2-8-19-32)33-20-9-3-10-21-33/h1-30,43H. The molecule has 0 spiro atoms. The third-order valence-corrected chi connectivity index (χ3v) is 8.15. The van der Waals surface area contributed by atoms with Crippen molar-refractivity contribution in [2.24, 2.45) is 0 Å². The van der Waals surface area contributed by atoms with Gasteiger partial charge in [0.15, 0.2) is 0 Å². The molecule has 0 unspecified atom stereocenters. The third-order valence-electron chi connectivity index (χ3n) is 8.15. The molecule has 0 bridgehead atoms. The summed E-state index contributed by atoms with van der Waals surface area (Å²) in [7, 11) is 0. The van der Waals surface area contributed by atoms with E-state index in [0.717, 1.165) is 56.7 Å². The molecular weight excluding hydrogens is 562 g/mol. The topological polar surface area (TPSA) is 29.4 Å². The largest absolute Gasteiger partial charge is 0.457 e. The first-order valence-corrected chi connectivity index (χ1v) is 15.4. The highest BCUT2D eigenvalue weighted by Crippen LogP contribution is 2.42. The van der Waals surface area contributed by atoms with E-state index in [4.69, 9.17) is 4.74 Å². The van der Waals surface area contributed by atoms with Crippen molar-refractivity contribution in [1.82, 2.24) is 4.57 Å². The monoisotopic (exact) mass is 593 g/mol. The minimum Gasteiger partial charge on any atom is -0.457 e. The Kier molecular flexibility index (Phi) is 7.14. The van der Waals surface area contributed by atoms with Crippen LogP contribution < -0.4 is 15.0 Å². The molecule has 0 saturated carbocycles. The number of fused-ring (bicyclic) bond motifs is 3. The van der Waals surface area contributed by atoms with Gasteiger partial charge < -0.3 is 19.5 Å². The summed E-state index contributed by atoms with van der Waals surface area (Å²) in [6.45, 7) is 0. The number of rotatable bonds is 8. The van der Waals surface area contributed by atoms with Gasteiger partial charge in [-0.2, -0.15) is 0 Å². The molecule has 1 aromatic heterocycles. The molecule has 46 heavy (non-hydrogen) atoms. The van der Waals surface area contributed by atoms with Gasteiger partial charge in [0.2, 0.25) is 0 Å². The summed E-state index contributed by atoms with van der Waals surface area (Å²) in [5, 5.41) is 6.02. The number of ether oxygens (including phenoxy) is 1. The van der Waals surface area contributed by atoms with Gasteiger partial charge in [0.1, 0.15) is 11.5 Å². The van der Waals surface area contributed by atoms with Crippen LogP contribution in [-0.4, -0.2) is 4.57 Å². The lowest BCUT2D eigenvalue weighted by Gasteiger charge is -2.26. The molecule has 7 aromatic carbocycles. The molecule has 8 aromatic rings. The summed E-state index contributed by atoms with van der Waals surface area (Å²) in [6, 6.07) is 62.8. The molecule has 4 heteroatoms. The molecule has 0 radical (unpaired) electrons. The summed E-state index contributed by atoms with van der Waals surface area (Å²) < 4.78 is 8.90. The molecule has 0 atom stereocenters. The molecule has 0 amide bonds. The van der Waals surface area contributed by atoms with Crippen LogP contribution in [0.2, 0.25) is 0 Å². The number of hydrogen-bond acceptors (Lipinski definition) is 3. The number of anilines is 5. The van der Waals surface area contributed by atoms with Crippen molar-refractivity contribution in [3.8, 4) is 17.2 Å². The van der Waals surface area contributed by atoms with Gasteiger partial charge in [0.05, 0.1) is 22.4 Å². The first-order valence-electron chi connectivity index (χ1n) is 15.4. The van der Waals surface area contributed by atoms with Crippen LogP contribution >= 0.6 is 0 Å². The van der Waals surface area contributed by atoms with Crippen LogP contribution in [0.25, 0.3) is 27.5 Å². The fourth-order valence-corrected chi connectivity index (χ4v) is 6.19. The highest BCUT2D eigenvalue weighted by atomic mass is 16.5. The van der Waals surface area contributed by atoms with E-state index in [1.165, 1.54) is 10.8 Å². The lowest BCUT2D eigenvalue weighted by molar-refractivity contribution is 0.482. The van der Waals surface area contributed by atoms with Crippen molar-refractivity contribution in [1.29, 1.82) is 0 Å². The zero-order valence-electron chi connectivity index (χ0n) is 25.1. The Morgan fingerprint density at radius 2 is 1.04 bits per heavy atom. The van der Waals surface area contributed by atoms with Crippen molar-refractivity contribution < 1.29 is 4.74 Å². The van der Waals surface area contributed by atoms with Crippen molar-refractivity contribution in [3.05, 3.63) is 182 Å². The van der Waals surface area contributed by atoms with Crippen LogP contribution in [0.15, 0.2) is 182 Å². The van der Waals surface area contributed by atoms with E-state index >= 15 is 0 Å². The fourth-order valence-electron chi connectivity index (χ4n) is 6.19. The maximum atomic E-state index is 6.55. The Labute approximate surface area is 268 Å². The van der Waals surface area contributed by atoms with Gasteiger partial charge in [-0.05, 0) is 72.8 Å². The smallest absolute Gasteiger partial charge is 0.131 e. The average molecular weight is 594 g/mol. The molecule has 1 N–H and O–H groups in total. The lowest BCUT2D eigenvalue weighted by atomic mass is 10.1. The summed E-state index contributed by atoms with van der Waals surface area (Å²) in [5.74, 6) is 1.54. The highest BCUT2D eigenvalue weighted by molar-refractivity contribution is 6.15. The van der Waals surface area contributed by atoms with Crippen LogP contribution in [0.4, 0.5) is 28.4 Å². The zero-order chi connectivity index (χ0) is 30.7. The number of aromatic nitrogens is 1. The molecule has 220 valence electrons. The minimum atomic E-state index is 0.750. The van der Waals surface area contributed by atoms with Crippen molar-refractivity contribution in [2.45, 2.75) is 0 Å². The second kappa shape index (κ2) is 12.0. The highest BCUT2D eigenvalue weighted by Gasteiger charge is 2.19. The fraction of sp³-hybridized carbons (Fsp3) is 0. The third kappa shape index (κ3) is 5.23. The van der Waals surface area contributed by atoms with Crippen LogP contribution in [0.1, 0.15) is 0 Å². The SMILES string of the molecule is c1ccc(Nc2cccc3c2c2ccccc2n3-c2cc(Oc3ccccc3)cc(N(c3ccccc3)c3ccccc3)c2)cc1. The van der Waals surface area contributed by atoms with Gasteiger partial charge in [-0.25, -0.2) is 0 Å². The summed E-state index contributed by atoms with van der Waals surface area (Å²) in [6.07, 6.45) is 0. The number of hydrogen-bond donors (Lipinski definition) is 1. The van der Waals surface area contributed by atoms with Gasteiger partial charge >= 0.3 is 0 Å². The molecular formula is C42H31N3O. The normalized spacial score (nSPS) is 11.0. The van der Waals surface area contributed by atoms with E-state index in [0.29, 0.717) is 0 Å². The number of para-hydroxylation sites is 5. The Bertz CT molecular complexity index is 2210. The second-order valence-electron chi connectivity index (χ2n) is 11.2. The number of nitrogens with one attached hydrogen (secondary N) is 1. The van der Waals surface area contributed by atoms with Crippen LogP contribution in [0.5, 0.6) is 11.5 Å². The Morgan fingerprint density at radius 1 is 0.457 bits per heavy atom. The Hall–Kier alpha value is -6.26. The number of nitrogens with zero attached hydrogens (tertiary/aromatic N) is 2. The molecule has 8 rings (SSSR count). The predicted molar refractivity (Wildman–Crippen MR) is 192 cm³/mol. The second-order valence-corrected chi connectivity index (χ2v) is 11.2. The van der Waals surface area contributed by atoms with E-state index in [-0.39, 0.29) is 0 Å². The zero-order valence-corrected chi connectivity index (χ0v) is 25.1. The Morgan fingerprint density at radius 3 is 1.74 bits per heavy atom. The van der Waals surface area contributed by atoms with Gasteiger partial charge in [-0.1, -0.05) is 97.1 Å². The van der Waals surface area contributed by atoms with Gasteiger partial charge in [0, 0.05) is 45.7 Å². The summed E-state index contributed by atoms with van der Waals surface area (Å²) in [5.41, 5.74) is 8.46. The van der Waals surface area contributed by atoms with E-state index in [9.17, 15) is 0 Å². The maximum Gasteiger partial charge on any atom is 0.131 e. The van der Waals surface area contributed by atoms with E-state index < -0.39 is 0 Å². The lowest BCUT2D eigenvalue weighted by Crippen LogP contribution is -2.10. The number of benzene rings is 7. The molecule has 0 fully saturated rings. The van der Waals surface area contributed by atoms with E-state index in [2.05, 4.69) is 148 Å². The van der Waals surface area contributed by atoms with Crippen molar-refractivity contribution in [3.63, 3.8) is 0 Å². The maximum absolute atomic E-state index is 6.55. The molecule has 0 aliphatic heterocycles. The van der Waals surface area contributed by atoms with E-state index in [1.54, 1.807) is 0 Å². The van der Waals surface area contributed by atoms with Crippen LogP contribution in [0.3, 0.4) is 0 Å². The molecule has 0 aliphatic carbocycles. The minimum absolute atomic E-state index is 0.750. The van der Waals surface area contributed by atoms with Gasteiger partial charge in [-0.3, -0.25) is 0 Å². The Balaban J connectivity index is 1.38. The van der Waals surface area contributed by atoms with Gasteiger partial charge in [-0.15, -0.1) is 0 Å². The molecule has 0 aliphatic rings. The predicted octanol–water partition coefficient (Wildman–Crippen LogP) is 11.8. The molecule has 0 saturated heterocycles. The first kappa shape index (κ1) is 27.3. The average Bonchev–Trinajstić information content (AvgIpc) is 3.46. The molecule has 4 nitrogen and oxygen atoms in total. The first-order chi connectivity index (χ1) is 22.8. The summed E-state index contributed by atoms with van der Waals surface area (Å²) in [4.78, 5) is 2.28. The quantitative estimate of drug-likeness (QED) is 0.190. The van der Waals surface area contributed by atoms with E-state index in [1.807, 2.05) is 48.5 Å². The van der Waals surface area contributed by atoms with Crippen molar-refractivity contribution >= 4 is 50.2 Å². The summed E-state index contributed by atoms with van der Waals surface area (Å²) >= 11 is 0. The van der Waals surface area contributed by atoms with Crippen LogP contribution in [0, 0.1) is 0 Å². The van der Waals surface area contributed by atoms with Crippen LogP contribution in [-0.2, 0) is 0 Å². The molecule has 1 heterocycles. The van der Waals surface area contributed by atoms with Crippen molar-refractivity contribution in [2.75, 3.05) is 10.2 Å².